The highest BCUT2D eigenvalue weighted by Crippen LogP contribution is 2.50. The minimum atomic E-state index is -0.731. The monoisotopic (exact) mass is 603 g/mol. The Labute approximate surface area is 291 Å². The van der Waals surface area contributed by atoms with E-state index in [4.69, 9.17) is 26.7 Å². The van der Waals surface area contributed by atoms with Crippen molar-refractivity contribution in [2.24, 2.45) is 0 Å². The quantitative estimate of drug-likeness (QED) is 0.196. The molecule has 46 heavy (non-hydrogen) atoms. The van der Waals surface area contributed by atoms with Gasteiger partial charge in [0.2, 0.25) is 0 Å². The van der Waals surface area contributed by atoms with Crippen LogP contribution in [0.5, 0.6) is 11.5 Å². The van der Waals surface area contributed by atoms with E-state index in [1.165, 1.54) is 10.6 Å². The summed E-state index contributed by atoms with van der Waals surface area (Å²) in [5.74, 6) is 0.773. The molecule has 8 aromatic carbocycles. The molecule has 0 bridgehead atoms. The van der Waals surface area contributed by atoms with Crippen molar-refractivity contribution in [1.29, 1.82) is 0 Å². The third-order valence-electron chi connectivity index (χ3n) is 8.36. The maximum Gasteiger partial charge on any atom is 0.135 e. The molecule has 1 aliphatic heterocycles. The van der Waals surface area contributed by atoms with Crippen LogP contribution in [-0.4, -0.2) is 4.57 Å². The molecule has 0 atom stereocenters. The van der Waals surface area contributed by atoms with Crippen molar-refractivity contribution in [1.82, 2.24) is 4.57 Å². The molecule has 0 saturated carbocycles. The number of nitrogens with zero attached hydrogens (tertiary/aromatic N) is 1. The van der Waals surface area contributed by atoms with E-state index in [0.29, 0.717) is 39.0 Å². The van der Waals surface area contributed by atoms with E-state index in [9.17, 15) is 2.74 Å². The van der Waals surface area contributed by atoms with Crippen molar-refractivity contribution in [2.45, 2.75) is 0 Å². The first-order valence-electron chi connectivity index (χ1n) is 23.3. The third kappa shape index (κ3) is 3.59. The number of rotatable bonds is 3. The summed E-state index contributed by atoms with van der Waals surface area (Å²) in [5, 5.41) is 0.353. The summed E-state index contributed by atoms with van der Waals surface area (Å²) in [6, 6.07) is 4.36. The molecule has 0 unspecified atom stereocenters. The van der Waals surface area contributed by atoms with Gasteiger partial charge in [0, 0.05) is 38.4 Å². The lowest BCUT2D eigenvalue weighted by molar-refractivity contribution is 0.487. The lowest BCUT2D eigenvalue weighted by atomic mass is 9.89. The van der Waals surface area contributed by atoms with Gasteiger partial charge in [-0.1, -0.05) is 133 Å². The zero-order chi connectivity index (χ0) is 45.9. The van der Waals surface area contributed by atoms with Gasteiger partial charge in [0.15, 0.2) is 0 Å². The summed E-state index contributed by atoms with van der Waals surface area (Å²) in [7, 11) is 0. The lowest BCUT2D eigenvalue weighted by Crippen LogP contribution is -1.99. The maximum absolute atomic E-state index is 9.44. The molecule has 1 aliphatic rings. The van der Waals surface area contributed by atoms with Gasteiger partial charge < -0.3 is 9.30 Å². The van der Waals surface area contributed by atoms with Gasteiger partial charge in [-0.15, -0.1) is 0 Å². The minimum absolute atomic E-state index is 0.00906. The summed E-state index contributed by atoms with van der Waals surface area (Å²) in [6.07, 6.45) is 0. The van der Waals surface area contributed by atoms with Gasteiger partial charge in [-0.05, 0) is 63.3 Å². The molecule has 0 aliphatic carbocycles. The molecule has 0 spiro atoms. The minimum Gasteiger partial charge on any atom is -0.456 e. The van der Waals surface area contributed by atoms with Crippen LogP contribution < -0.4 is 4.74 Å². The number of ether oxygens (including phenoxy) is 1. The van der Waals surface area contributed by atoms with Gasteiger partial charge in [-0.2, -0.15) is 0 Å². The van der Waals surface area contributed by atoms with Crippen molar-refractivity contribution >= 4 is 43.4 Å². The molecular weight excluding hydrogens is 558 g/mol. The molecule has 0 saturated heterocycles. The Hall–Kier alpha value is -6.12. The molecule has 2 heterocycles. The number of aromatic nitrogens is 1. The second kappa shape index (κ2) is 9.69. The van der Waals surface area contributed by atoms with Gasteiger partial charge in [-0.25, -0.2) is 0 Å². The van der Waals surface area contributed by atoms with E-state index < -0.39 is 90.3 Å². The van der Waals surface area contributed by atoms with E-state index >= 15 is 0 Å². The molecule has 0 fully saturated rings. The zero-order valence-electron chi connectivity index (χ0n) is 41.6. The molecular formula is C44H27NO. The van der Waals surface area contributed by atoms with Crippen molar-refractivity contribution < 1.29 is 29.4 Å². The topological polar surface area (TPSA) is 14.2 Å². The van der Waals surface area contributed by atoms with Gasteiger partial charge >= 0.3 is 0 Å². The Balaban J connectivity index is 1.36. The number of hydrogen-bond acceptors (Lipinski definition) is 1. The number of hydrogen-bond donors (Lipinski definition) is 0. The second-order valence-electron chi connectivity index (χ2n) is 10.7. The molecule has 214 valence electrons. The van der Waals surface area contributed by atoms with Crippen LogP contribution in [0.15, 0.2) is 163 Å². The van der Waals surface area contributed by atoms with Crippen LogP contribution in [0.25, 0.3) is 82.4 Å². The highest BCUT2D eigenvalue weighted by Gasteiger charge is 2.24. The Kier molecular flexibility index (Phi) is 2.84. The van der Waals surface area contributed by atoms with Crippen LogP contribution in [0.1, 0.15) is 24.7 Å². The van der Waals surface area contributed by atoms with E-state index in [-0.39, 0.29) is 73.4 Å². The summed E-state index contributed by atoms with van der Waals surface area (Å²) in [5.41, 5.74) is 0.954. The first kappa shape index (κ1) is 13.5. The standard InChI is InChI=1S/C44H27NO/c1-3-11-28(12-4-1)32-24-26-41-42-35(32)18-10-19-36(42)39-27-30(22-25-40(39)46-41)34-17-9-20-37-38-23-21-29-13-7-8-16-33(29)43(38)45(44(34)37)31-14-5-2-6-15-31/h1-27H/i1D,2D,3D,4D,5D,6D,7D,8D,9D,11D,12D,13D,14D,15D,16D,17D,21D,23D. The van der Waals surface area contributed by atoms with Crippen LogP contribution >= 0.6 is 0 Å². The Bertz CT molecular complexity index is 3630. The van der Waals surface area contributed by atoms with E-state index in [1.54, 1.807) is 48.5 Å². The van der Waals surface area contributed by atoms with Gasteiger partial charge in [0.05, 0.1) is 35.7 Å². The number of para-hydroxylation sites is 2. The highest BCUT2D eigenvalue weighted by molar-refractivity contribution is 6.21. The van der Waals surface area contributed by atoms with E-state index in [2.05, 4.69) is 0 Å². The zero-order valence-corrected chi connectivity index (χ0v) is 23.6. The van der Waals surface area contributed by atoms with Crippen LogP contribution in [0.3, 0.4) is 0 Å². The Morgan fingerprint density at radius 1 is 0.457 bits per heavy atom. The summed E-state index contributed by atoms with van der Waals surface area (Å²) in [6.45, 7) is 0. The molecule has 2 heteroatoms. The van der Waals surface area contributed by atoms with Crippen LogP contribution in [0.2, 0.25) is 0 Å². The molecule has 10 rings (SSSR count). The van der Waals surface area contributed by atoms with Crippen molar-refractivity contribution in [3.63, 3.8) is 0 Å². The average Bonchev–Trinajstić information content (AvgIpc) is 3.60. The molecule has 9 aromatic rings. The van der Waals surface area contributed by atoms with E-state index in [1.807, 2.05) is 0 Å². The van der Waals surface area contributed by atoms with Gasteiger partial charge in [-0.3, -0.25) is 0 Å². The normalized spacial score (nSPS) is 17.6. The van der Waals surface area contributed by atoms with Gasteiger partial charge in [0.25, 0.3) is 0 Å². The molecule has 2 nitrogen and oxygen atoms in total. The molecule has 0 N–H and O–H groups in total. The van der Waals surface area contributed by atoms with Crippen LogP contribution in [0, 0.1) is 0 Å². The first-order valence-corrected chi connectivity index (χ1v) is 14.3. The molecule has 0 amide bonds. The van der Waals surface area contributed by atoms with Gasteiger partial charge in [0.1, 0.15) is 11.5 Å². The van der Waals surface area contributed by atoms with Crippen molar-refractivity contribution in [3.8, 4) is 50.6 Å². The third-order valence-corrected chi connectivity index (χ3v) is 8.36. The predicted molar refractivity (Wildman–Crippen MR) is 192 cm³/mol. The summed E-state index contributed by atoms with van der Waals surface area (Å²) >= 11 is 0. The summed E-state index contributed by atoms with van der Waals surface area (Å²) < 4.78 is 165. The molecule has 1 aromatic heterocycles. The fourth-order valence-corrected chi connectivity index (χ4v) is 6.47. The average molecular weight is 604 g/mol. The summed E-state index contributed by atoms with van der Waals surface area (Å²) in [4.78, 5) is 0. The van der Waals surface area contributed by atoms with Crippen LogP contribution in [-0.2, 0) is 0 Å². The van der Waals surface area contributed by atoms with E-state index in [0.717, 1.165) is 0 Å². The number of benzene rings is 8. The maximum atomic E-state index is 9.44. The second-order valence-corrected chi connectivity index (χ2v) is 10.7. The largest absolute Gasteiger partial charge is 0.456 e. The van der Waals surface area contributed by atoms with Crippen molar-refractivity contribution in [3.05, 3.63) is 163 Å². The fraction of sp³-hybridized carbons (Fsp3) is 0. The predicted octanol–water partition coefficient (Wildman–Crippen LogP) is 12.2. The molecule has 0 radical (unpaired) electrons. The highest BCUT2D eigenvalue weighted by atomic mass is 16.5. The Morgan fingerprint density at radius 2 is 1.26 bits per heavy atom. The Morgan fingerprint density at radius 3 is 2.15 bits per heavy atom. The fourth-order valence-electron chi connectivity index (χ4n) is 6.47. The van der Waals surface area contributed by atoms with Crippen molar-refractivity contribution in [2.75, 3.05) is 0 Å². The SMILES string of the molecule is [2H]c1cc2c3c([2H])c([2H])c4c([2H])c([2H])c([2H])c([2H])c4c3n(-c3c([2H])c([2H])c([2H])c([2H])c3[2H])c2c(-c2ccc3c(c2)-c2cccc4c(-c5c([2H])c([2H])c([2H])c([2H])c5[2H])ccc(c24)O3)c1[2H]. The number of fused-ring (bicyclic) bond motifs is 7. The first-order chi connectivity index (χ1) is 30.3. The van der Waals surface area contributed by atoms with Crippen LogP contribution in [0.4, 0.5) is 0 Å². The lowest BCUT2D eigenvalue weighted by Gasteiger charge is -2.23. The smallest absolute Gasteiger partial charge is 0.135 e.